The van der Waals surface area contributed by atoms with Gasteiger partial charge in [-0.1, -0.05) is 36.4 Å². The van der Waals surface area contributed by atoms with Crippen molar-refractivity contribution in [1.82, 2.24) is 0 Å². The third-order valence-corrected chi connectivity index (χ3v) is 5.74. The van der Waals surface area contributed by atoms with Crippen LogP contribution in [0.15, 0.2) is 72.8 Å². The molecular formula is C22H16F2N2O2S. The molecule has 0 saturated carbocycles. The number of carbonyl (C=O) groups is 2. The molecule has 1 fully saturated rings. The number of carbonyl (C=O) groups excluding carboxylic acids is 2. The SMILES string of the molecule is O=C(Nc1ccccc1C1SCC(=O)N1c1ccc(F)cc1F)c1ccccc1. The van der Waals surface area contributed by atoms with E-state index in [1.54, 1.807) is 48.5 Å². The number of benzene rings is 3. The number of nitrogens with one attached hydrogen (secondary N) is 1. The Morgan fingerprint density at radius 2 is 1.72 bits per heavy atom. The lowest BCUT2D eigenvalue weighted by Crippen LogP contribution is -2.29. The van der Waals surface area contributed by atoms with E-state index in [-0.39, 0.29) is 23.3 Å². The summed E-state index contributed by atoms with van der Waals surface area (Å²) in [7, 11) is 0. The Bertz CT molecular complexity index is 1080. The van der Waals surface area contributed by atoms with Gasteiger partial charge in [0.2, 0.25) is 5.91 Å². The van der Waals surface area contributed by atoms with E-state index in [0.29, 0.717) is 16.8 Å². The summed E-state index contributed by atoms with van der Waals surface area (Å²) in [5.74, 6) is -1.93. The third-order valence-electron chi connectivity index (χ3n) is 4.55. The quantitative estimate of drug-likeness (QED) is 0.659. The van der Waals surface area contributed by atoms with Crippen molar-refractivity contribution in [2.24, 2.45) is 0 Å². The number of hydrogen-bond donors (Lipinski definition) is 1. The molecule has 4 rings (SSSR count). The topological polar surface area (TPSA) is 49.4 Å². The molecule has 1 N–H and O–H groups in total. The Hall–Kier alpha value is -3.19. The predicted octanol–water partition coefficient (Wildman–Crippen LogP) is 5.00. The lowest BCUT2D eigenvalue weighted by Gasteiger charge is -2.26. The van der Waals surface area contributed by atoms with Gasteiger partial charge in [0.25, 0.3) is 5.91 Å². The van der Waals surface area contributed by atoms with Crippen LogP contribution in [-0.2, 0) is 4.79 Å². The monoisotopic (exact) mass is 410 g/mol. The van der Waals surface area contributed by atoms with Crippen LogP contribution in [-0.4, -0.2) is 17.6 Å². The van der Waals surface area contributed by atoms with Crippen molar-refractivity contribution in [1.29, 1.82) is 0 Å². The van der Waals surface area contributed by atoms with E-state index in [1.165, 1.54) is 22.7 Å². The van der Waals surface area contributed by atoms with Gasteiger partial charge < -0.3 is 5.32 Å². The Morgan fingerprint density at radius 1 is 1.00 bits per heavy atom. The highest BCUT2D eigenvalue weighted by atomic mass is 32.2. The first-order valence-electron chi connectivity index (χ1n) is 8.88. The maximum atomic E-state index is 14.4. The second-order valence-electron chi connectivity index (χ2n) is 6.43. The number of amides is 2. The largest absolute Gasteiger partial charge is 0.322 e. The molecule has 0 aromatic heterocycles. The summed E-state index contributed by atoms with van der Waals surface area (Å²) in [6, 6.07) is 19.0. The van der Waals surface area contributed by atoms with Crippen LogP contribution in [0.5, 0.6) is 0 Å². The molecule has 3 aromatic carbocycles. The Morgan fingerprint density at radius 3 is 2.48 bits per heavy atom. The number of thioether (sulfide) groups is 1. The Kier molecular flexibility index (Phi) is 5.31. The number of rotatable bonds is 4. The van der Waals surface area contributed by atoms with Crippen molar-refractivity contribution in [3.8, 4) is 0 Å². The van der Waals surface area contributed by atoms with Gasteiger partial charge >= 0.3 is 0 Å². The molecule has 29 heavy (non-hydrogen) atoms. The van der Waals surface area contributed by atoms with Gasteiger partial charge in [-0.3, -0.25) is 14.5 Å². The van der Waals surface area contributed by atoms with Crippen LogP contribution in [0, 0.1) is 11.6 Å². The fourth-order valence-corrected chi connectivity index (χ4v) is 4.41. The summed E-state index contributed by atoms with van der Waals surface area (Å²) in [5, 5.41) is 2.32. The Balaban J connectivity index is 1.69. The van der Waals surface area contributed by atoms with Crippen molar-refractivity contribution < 1.29 is 18.4 Å². The minimum absolute atomic E-state index is 0.00980. The highest BCUT2D eigenvalue weighted by molar-refractivity contribution is 8.00. The highest BCUT2D eigenvalue weighted by Gasteiger charge is 2.36. The van der Waals surface area contributed by atoms with E-state index in [4.69, 9.17) is 0 Å². The van der Waals surface area contributed by atoms with Gasteiger partial charge in [-0.2, -0.15) is 0 Å². The smallest absolute Gasteiger partial charge is 0.255 e. The average Bonchev–Trinajstić information content (AvgIpc) is 3.10. The molecule has 0 spiro atoms. The molecule has 1 saturated heterocycles. The average molecular weight is 410 g/mol. The summed E-state index contributed by atoms with van der Waals surface area (Å²) in [6.45, 7) is 0. The lowest BCUT2D eigenvalue weighted by atomic mass is 10.1. The summed E-state index contributed by atoms with van der Waals surface area (Å²) >= 11 is 1.32. The first-order valence-corrected chi connectivity index (χ1v) is 9.93. The Labute approximate surface area is 170 Å². The molecule has 0 aliphatic carbocycles. The van der Waals surface area contributed by atoms with E-state index in [9.17, 15) is 18.4 Å². The number of anilines is 2. The highest BCUT2D eigenvalue weighted by Crippen LogP contribution is 2.44. The number of hydrogen-bond acceptors (Lipinski definition) is 3. The van der Waals surface area contributed by atoms with Gasteiger partial charge in [-0.15, -0.1) is 11.8 Å². The van der Waals surface area contributed by atoms with Crippen molar-refractivity contribution in [2.75, 3.05) is 16.0 Å². The molecule has 0 bridgehead atoms. The molecule has 3 aromatic rings. The first-order chi connectivity index (χ1) is 14.0. The zero-order chi connectivity index (χ0) is 20.4. The van der Waals surface area contributed by atoms with Gasteiger partial charge in [0.05, 0.1) is 11.4 Å². The molecule has 2 amide bonds. The van der Waals surface area contributed by atoms with E-state index < -0.39 is 17.0 Å². The maximum Gasteiger partial charge on any atom is 0.255 e. The van der Waals surface area contributed by atoms with Crippen LogP contribution >= 0.6 is 11.8 Å². The summed E-state index contributed by atoms with van der Waals surface area (Å²) < 4.78 is 27.7. The molecular weight excluding hydrogens is 394 g/mol. The molecule has 146 valence electrons. The number of nitrogens with zero attached hydrogens (tertiary/aromatic N) is 1. The molecule has 1 unspecified atom stereocenters. The van der Waals surface area contributed by atoms with Crippen LogP contribution < -0.4 is 10.2 Å². The van der Waals surface area contributed by atoms with Crippen LogP contribution in [0.3, 0.4) is 0 Å². The summed E-state index contributed by atoms with van der Waals surface area (Å²) in [5.41, 5.74) is 1.70. The standard InChI is InChI=1S/C22H16F2N2O2S/c23-15-10-11-19(17(24)12-15)26-20(27)13-29-22(26)16-8-4-5-9-18(16)25-21(28)14-6-2-1-3-7-14/h1-12,22H,13H2,(H,25,28). The van der Waals surface area contributed by atoms with Crippen molar-refractivity contribution in [2.45, 2.75) is 5.37 Å². The predicted molar refractivity (Wildman–Crippen MR) is 110 cm³/mol. The van der Waals surface area contributed by atoms with Crippen molar-refractivity contribution in [3.63, 3.8) is 0 Å². The van der Waals surface area contributed by atoms with Gasteiger partial charge in [-0.05, 0) is 30.3 Å². The van der Waals surface area contributed by atoms with E-state index in [1.807, 2.05) is 6.07 Å². The van der Waals surface area contributed by atoms with Gasteiger partial charge in [0.1, 0.15) is 17.0 Å². The van der Waals surface area contributed by atoms with Crippen LogP contribution in [0.25, 0.3) is 0 Å². The number of halogens is 2. The van der Waals surface area contributed by atoms with Gasteiger partial charge in [0, 0.05) is 22.9 Å². The minimum atomic E-state index is -0.809. The zero-order valence-corrected chi connectivity index (χ0v) is 16.0. The van der Waals surface area contributed by atoms with Crippen LogP contribution in [0.4, 0.5) is 20.2 Å². The van der Waals surface area contributed by atoms with Gasteiger partial charge in [0.15, 0.2) is 0 Å². The molecule has 0 radical (unpaired) electrons. The maximum absolute atomic E-state index is 14.4. The van der Waals surface area contributed by atoms with E-state index in [0.717, 1.165) is 12.1 Å². The second kappa shape index (κ2) is 8.05. The van der Waals surface area contributed by atoms with Gasteiger partial charge in [-0.25, -0.2) is 8.78 Å². The first kappa shape index (κ1) is 19.1. The van der Waals surface area contributed by atoms with E-state index in [2.05, 4.69) is 5.32 Å². The van der Waals surface area contributed by atoms with Crippen molar-refractivity contribution in [3.05, 3.63) is 95.6 Å². The normalized spacial score (nSPS) is 16.1. The minimum Gasteiger partial charge on any atom is -0.322 e. The fourth-order valence-electron chi connectivity index (χ4n) is 3.20. The van der Waals surface area contributed by atoms with E-state index >= 15 is 0 Å². The van der Waals surface area contributed by atoms with Crippen LogP contribution in [0.1, 0.15) is 21.3 Å². The molecule has 1 heterocycles. The second-order valence-corrected chi connectivity index (χ2v) is 7.50. The third kappa shape index (κ3) is 3.86. The molecule has 4 nitrogen and oxygen atoms in total. The molecule has 1 aliphatic heterocycles. The molecule has 7 heteroatoms. The zero-order valence-electron chi connectivity index (χ0n) is 15.1. The fraction of sp³-hybridized carbons (Fsp3) is 0.0909. The lowest BCUT2D eigenvalue weighted by molar-refractivity contribution is -0.115. The molecule has 1 atom stereocenters. The van der Waals surface area contributed by atoms with Crippen molar-refractivity contribution >= 4 is 35.0 Å². The summed E-state index contributed by atoms with van der Waals surface area (Å²) in [6.07, 6.45) is 0. The number of para-hydroxylation sites is 1. The summed E-state index contributed by atoms with van der Waals surface area (Å²) in [4.78, 5) is 26.4. The van der Waals surface area contributed by atoms with Crippen LogP contribution in [0.2, 0.25) is 0 Å². The molecule has 1 aliphatic rings.